The summed E-state index contributed by atoms with van der Waals surface area (Å²) >= 11 is 1.68. The van der Waals surface area contributed by atoms with Crippen LogP contribution in [0.5, 0.6) is 0 Å². The van der Waals surface area contributed by atoms with E-state index in [0.29, 0.717) is 13.2 Å². The van der Waals surface area contributed by atoms with Gasteiger partial charge in [0.15, 0.2) is 0 Å². The molecule has 2 aromatic carbocycles. The second-order valence-electron chi connectivity index (χ2n) is 5.79. The summed E-state index contributed by atoms with van der Waals surface area (Å²) in [6.07, 6.45) is 0. The van der Waals surface area contributed by atoms with Crippen LogP contribution in [0.25, 0.3) is 20.8 Å². The molecular weight excluding hydrogens is 370 g/mol. The average molecular weight is 392 g/mol. The Balaban J connectivity index is 0.00000243. The summed E-state index contributed by atoms with van der Waals surface area (Å²) < 4.78 is 6.12. The number of rotatable bonds is 7. The zero-order valence-electron chi connectivity index (χ0n) is 14.7. The van der Waals surface area contributed by atoms with Crippen LogP contribution in [0.4, 0.5) is 5.69 Å². The number of hydrogen-bond acceptors (Lipinski definition) is 5. The minimum Gasteiger partial charge on any atom is -0.383 e. The quantitative estimate of drug-likeness (QED) is 0.600. The molecule has 0 radical (unpaired) electrons. The molecule has 0 saturated carbocycles. The maximum absolute atomic E-state index is 11.9. The molecule has 0 saturated heterocycles. The Labute approximate surface area is 163 Å². The molecule has 0 aliphatic carbocycles. The highest BCUT2D eigenvalue weighted by Gasteiger charge is 2.07. The van der Waals surface area contributed by atoms with E-state index in [2.05, 4.69) is 40.7 Å². The van der Waals surface area contributed by atoms with E-state index >= 15 is 0 Å². The number of nitrogens with zero attached hydrogens (tertiary/aromatic N) is 1. The summed E-state index contributed by atoms with van der Waals surface area (Å²) in [7, 11) is 1.63. The molecule has 3 aromatic rings. The van der Waals surface area contributed by atoms with E-state index in [1.807, 2.05) is 24.3 Å². The van der Waals surface area contributed by atoms with E-state index in [9.17, 15) is 4.79 Å². The number of fused-ring (bicyclic) bond motifs is 1. The van der Waals surface area contributed by atoms with E-state index in [0.717, 1.165) is 21.8 Å². The van der Waals surface area contributed by atoms with E-state index in [4.69, 9.17) is 4.74 Å². The normalized spacial score (nSPS) is 10.5. The fraction of sp³-hybridized carbons (Fsp3) is 0.263. The second-order valence-corrected chi connectivity index (χ2v) is 6.82. The van der Waals surface area contributed by atoms with Crippen LogP contribution in [0.15, 0.2) is 42.5 Å². The summed E-state index contributed by atoms with van der Waals surface area (Å²) in [5, 5.41) is 6.88. The molecule has 5 nitrogen and oxygen atoms in total. The van der Waals surface area contributed by atoms with Gasteiger partial charge >= 0.3 is 0 Å². The standard InChI is InChI=1S/C19H21N3O2S.ClH/c1-13-3-8-16-17(11-13)25-19(22-16)14-4-6-15(7-5-14)21-18(23)12-20-9-10-24-2;/h3-8,11,20H,9-10,12H2,1-2H3,(H,21,23);1H. The number of aromatic nitrogens is 1. The lowest BCUT2D eigenvalue weighted by atomic mass is 10.2. The van der Waals surface area contributed by atoms with Crippen molar-refractivity contribution < 1.29 is 9.53 Å². The van der Waals surface area contributed by atoms with Crippen molar-refractivity contribution in [2.24, 2.45) is 0 Å². The van der Waals surface area contributed by atoms with Gasteiger partial charge in [-0.05, 0) is 48.9 Å². The topological polar surface area (TPSA) is 63.2 Å². The molecule has 0 spiro atoms. The van der Waals surface area contributed by atoms with Crippen molar-refractivity contribution in [3.63, 3.8) is 0 Å². The highest BCUT2D eigenvalue weighted by Crippen LogP contribution is 2.31. The number of benzene rings is 2. The highest BCUT2D eigenvalue weighted by atomic mass is 35.5. The van der Waals surface area contributed by atoms with Gasteiger partial charge < -0.3 is 15.4 Å². The molecule has 3 rings (SSSR count). The molecule has 1 aromatic heterocycles. The van der Waals surface area contributed by atoms with Gasteiger partial charge in [0.05, 0.1) is 23.4 Å². The van der Waals surface area contributed by atoms with E-state index < -0.39 is 0 Å². The van der Waals surface area contributed by atoms with Gasteiger partial charge in [-0.3, -0.25) is 4.79 Å². The summed E-state index contributed by atoms with van der Waals surface area (Å²) in [4.78, 5) is 16.5. The Morgan fingerprint density at radius 3 is 2.69 bits per heavy atom. The van der Waals surface area contributed by atoms with Gasteiger partial charge in [-0.25, -0.2) is 4.98 Å². The fourth-order valence-electron chi connectivity index (χ4n) is 2.43. The first-order chi connectivity index (χ1) is 12.2. The van der Waals surface area contributed by atoms with E-state index in [-0.39, 0.29) is 24.9 Å². The van der Waals surface area contributed by atoms with Crippen molar-refractivity contribution in [1.82, 2.24) is 10.3 Å². The number of anilines is 1. The molecule has 0 fully saturated rings. The van der Waals surface area contributed by atoms with Crippen molar-refractivity contribution in [1.29, 1.82) is 0 Å². The number of carbonyl (C=O) groups is 1. The largest absolute Gasteiger partial charge is 0.383 e. The molecule has 138 valence electrons. The number of nitrogens with one attached hydrogen (secondary N) is 2. The molecule has 0 aliphatic rings. The van der Waals surface area contributed by atoms with Crippen LogP contribution >= 0.6 is 23.7 Å². The molecule has 1 heterocycles. The maximum Gasteiger partial charge on any atom is 0.238 e. The first-order valence-electron chi connectivity index (χ1n) is 8.13. The molecule has 0 atom stereocenters. The molecular formula is C19H22ClN3O2S. The molecule has 7 heteroatoms. The van der Waals surface area contributed by atoms with Crippen molar-refractivity contribution in [2.45, 2.75) is 6.92 Å². The molecule has 26 heavy (non-hydrogen) atoms. The Bertz CT molecular complexity index is 865. The monoisotopic (exact) mass is 391 g/mol. The lowest BCUT2D eigenvalue weighted by molar-refractivity contribution is -0.115. The summed E-state index contributed by atoms with van der Waals surface area (Å²) in [6, 6.07) is 14.1. The Morgan fingerprint density at radius 1 is 1.19 bits per heavy atom. The van der Waals surface area contributed by atoms with Crippen LogP contribution in [0.1, 0.15) is 5.56 Å². The van der Waals surface area contributed by atoms with E-state index in [1.165, 1.54) is 10.3 Å². The number of carbonyl (C=O) groups excluding carboxylic acids is 1. The number of hydrogen-bond donors (Lipinski definition) is 2. The third kappa shape index (κ3) is 5.25. The predicted molar refractivity (Wildman–Crippen MR) is 110 cm³/mol. The molecule has 0 bridgehead atoms. The Hall–Kier alpha value is -1.99. The van der Waals surface area contributed by atoms with Gasteiger partial charge in [-0.2, -0.15) is 0 Å². The SMILES string of the molecule is COCCNCC(=O)Nc1ccc(-c2nc3ccc(C)cc3s2)cc1.Cl. The molecule has 0 aliphatic heterocycles. The fourth-order valence-corrected chi connectivity index (χ4v) is 3.50. The van der Waals surface area contributed by atoms with Gasteiger partial charge in [0.25, 0.3) is 0 Å². The first kappa shape index (κ1) is 20.3. The van der Waals surface area contributed by atoms with Crippen LogP contribution in [0.2, 0.25) is 0 Å². The van der Waals surface area contributed by atoms with Crippen molar-refractivity contribution in [2.75, 3.05) is 32.1 Å². The van der Waals surface area contributed by atoms with Crippen molar-refractivity contribution in [3.05, 3.63) is 48.0 Å². The summed E-state index contributed by atoms with van der Waals surface area (Å²) in [5.74, 6) is -0.0701. The van der Waals surface area contributed by atoms with Crippen LogP contribution in [0, 0.1) is 6.92 Å². The zero-order valence-corrected chi connectivity index (χ0v) is 16.4. The van der Waals surface area contributed by atoms with Crippen LogP contribution in [-0.4, -0.2) is 37.7 Å². The highest BCUT2D eigenvalue weighted by molar-refractivity contribution is 7.21. The summed E-state index contributed by atoms with van der Waals surface area (Å²) in [6.45, 7) is 3.59. The minimum atomic E-state index is -0.0701. The van der Waals surface area contributed by atoms with Crippen LogP contribution < -0.4 is 10.6 Å². The molecule has 2 N–H and O–H groups in total. The number of aryl methyl sites for hydroxylation is 1. The van der Waals surface area contributed by atoms with Crippen LogP contribution in [0.3, 0.4) is 0 Å². The van der Waals surface area contributed by atoms with Gasteiger partial charge in [-0.15, -0.1) is 23.7 Å². The number of methoxy groups -OCH3 is 1. The number of thiazole rings is 1. The molecule has 1 amide bonds. The van der Waals surface area contributed by atoms with Gasteiger partial charge in [0.2, 0.25) is 5.91 Å². The van der Waals surface area contributed by atoms with Gasteiger partial charge in [0, 0.05) is 24.9 Å². The second kappa shape index (κ2) is 9.64. The van der Waals surface area contributed by atoms with Gasteiger partial charge in [-0.1, -0.05) is 6.07 Å². The lowest BCUT2D eigenvalue weighted by Crippen LogP contribution is -2.30. The smallest absolute Gasteiger partial charge is 0.238 e. The Morgan fingerprint density at radius 2 is 1.96 bits per heavy atom. The van der Waals surface area contributed by atoms with Gasteiger partial charge in [0.1, 0.15) is 5.01 Å². The minimum absolute atomic E-state index is 0. The Kier molecular flexibility index (Phi) is 7.53. The third-order valence-electron chi connectivity index (χ3n) is 3.73. The number of amides is 1. The van der Waals surface area contributed by atoms with Crippen molar-refractivity contribution in [3.8, 4) is 10.6 Å². The predicted octanol–water partition coefficient (Wildman–Crippen LogP) is 3.87. The number of halogens is 1. The molecule has 0 unspecified atom stereocenters. The summed E-state index contributed by atoms with van der Waals surface area (Å²) in [5.41, 5.74) is 4.08. The first-order valence-corrected chi connectivity index (χ1v) is 8.94. The van der Waals surface area contributed by atoms with Crippen molar-refractivity contribution >= 4 is 45.6 Å². The van der Waals surface area contributed by atoms with E-state index in [1.54, 1.807) is 18.4 Å². The average Bonchev–Trinajstić information content (AvgIpc) is 3.02. The maximum atomic E-state index is 11.9. The number of ether oxygens (including phenoxy) is 1. The van der Waals surface area contributed by atoms with Crippen LogP contribution in [-0.2, 0) is 9.53 Å². The third-order valence-corrected chi connectivity index (χ3v) is 4.80. The zero-order chi connectivity index (χ0) is 17.6. The lowest BCUT2D eigenvalue weighted by Gasteiger charge is -2.07.